The third-order valence-corrected chi connectivity index (χ3v) is 3.25. The molecule has 6 heteroatoms. The highest BCUT2D eigenvalue weighted by molar-refractivity contribution is 5.91. The number of benzene rings is 1. The zero-order valence-corrected chi connectivity index (χ0v) is 12.9. The number of nitrogens with zero attached hydrogens (tertiary/aromatic N) is 2. The van der Waals surface area contributed by atoms with E-state index < -0.39 is 0 Å². The van der Waals surface area contributed by atoms with Crippen molar-refractivity contribution in [2.45, 2.75) is 13.0 Å². The number of hydrogen-bond acceptors (Lipinski definition) is 5. The molecular weight excluding hydrogens is 296 g/mol. The molecule has 0 aliphatic rings. The Balaban J connectivity index is 1.97. The molecule has 2 aromatic rings. The van der Waals surface area contributed by atoms with Crippen LogP contribution in [0.2, 0.25) is 0 Å². The molecule has 1 heterocycles. The van der Waals surface area contributed by atoms with Gasteiger partial charge >= 0.3 is 0 Å². The maximum Gasteiger partial charge on any atom is 0.289 e. The van der Waals surface area contributed by atoms with Crippen LogP contribution in [0.15, 0.2) is 40.8 Å². The second-order valence-corrected chi connectivity index (χ2v) is 4.97. The molecule has 0 fully saturated rings. The molecule has 0 aliphatic carbocycles. The molecule has 0 radical (unpaired) electrons. The van der Waals surface area contributed by atoms with Crippen molar-refractivity contribution in [3.63, 3.8) is 0 Å². The van der Waals surface area contributed by atoms with Crippen molar-refractivity contribution in [3.8, 4) is 11.8 Å². The van der Waals surface area contributed by atoms with Crippen LogP contribution in [0, 0.1) is 11.3 Å². The van der Waals surface area contributed by atoms with E-state index in [9.17, 15) is 4.79 Å². The van der Waals surface area contributed by atoms with Gasteiger partial charge in [0.1, 0.15) is 24.2 Å². The van der Waals surface area contributed by atoms with Crippen LogP contribution in [-0.4, -0.2) is 36.1 Å². The first-order chi connectivity index (χ1) is 11.2. The molecule has 1 amide bonds. The average molecular weight is 314 g/mol. The molecule has 0 saturated heterocycles. The number of ether oxygens (including phenoxy) is 1. The lowest BCUT2D eigenvalue weighted by molar-refractivity contribution is 0.0750. The third-order valence-electron chi connectivity index (χ3n) is 3.25. The van der Waals surface area contributed by atoms with Crippen LogP contribution in [0.4, 0.5) is 0 Å². The maximum atomic E-state index is 12.1. The predicted molar refractivity (Wildman–Crippen MR) is 82.9 cm³/mol. The topological polar surface area (TPSA) is 86.7 Å². The smallest absolute Gasteiger partial charge is 0.289 e. The molecule has 1 N–H and O–H groups in total. The minimum atomic E-state index is -0.248. The van der Waals surface area contributed by atoms with Gasteiger partial charge in [-0.3, -0.25) is 4.79 Å². The van der Waals surface area contributed by atoms with Crippen molar-refractivity contribution in [1.29, 1.82) is 5.26 Å². The fourth-order valence-corrected chi connectivity index (χ4v) is 2.00. The molecule has 1 aromatic heterocycles. The minimum Gasteiger partial charge on any atom is -0.484 e. The molecule has 0 unspecified atom stereocenters. The zero-order chi connectivity index (χ0) is 16.7. The number of carbonyl (C=O) groups excluding carboxylic acids is 1. The second-order valence-electron chi connectivity index (χ2n) is 4.97. The first-order valence-corrected chi connectivity index (χ1v) is 7.22. The summed E-state index contributed by atoms with van der Waals surface area (Å²) in [6.45, 7) is 0.622. The van der Waals surface area contributed by atoms with Crippen molar-refractivity contribution in [2.75, 3.05) is 20.2 Å². The molecule has 0 saturated carbocycles. The normalized spacial score (nSPS) is 10.1. The van der Waals surface area contributed by atoms with Crippen LogP contribution in [0.5, 0.6) is 5.75 Å². The van der Waals surface area contributed by atoms with Crippen LogP contribution in [0.1, 0.15) is 28.3 Å². The molecule has 0 atom stereocenters. The summed E-state index contributed by atoms with van der Waals surface area (Å²) in [5, 5.41) is 17.8. The summed E-state index contributed by atoms with van der Waals surface area (Å²) >= 11 is 0. The molecule has 2 rings (SSSR count). The van der Waals surface area contributed by atoms with E-state index in [1.807, 2.05) is 0 Å². The van der Waals surface area contributed by atoms with Crippen molar-refractivity contribution in [2.24, 2.45) is 0 Å². The van der Waals surface area contributed by atoms with Gasteiger partial charge in [0.2, 0.25) is 0 Å². The molecule has 6 nitrogen and oxygen atoms in total. The maximum absolute atomic E-state index is 12.1. The molecule has 0 aliphatic heterocycles. The lowest BCUT2D eigenvalue weighted by atomic mass is 10.2. The molecule has 120 valence electrons. The summed E-state index contributed by atoms with van der Waals surface area (Å²) in [4.78, 5) is 13.6. The Morgan fingerprint density at radius 2 is 2.13 bits per heavy atom. The van der Waals surface area contributed by atoms with Crippen molar-refractivity contribution >= 4 is 5.91 Å². The van der Waals surface area contributed by atoms with Crippen LogP contribution in [-0.2, 0) is 6.61 Å². The summed E-state index contributed by atoms with van der Waals surface area (Å²) in [5.41, 5.74) is 0.444. The number of nitriles is 1. The number of furan rings is 1. The first-order valence-electron chi connectivity index (χ1n) is 7.22. The van der Waals surface area contributed by atoms with Gasteiger partial charge in [-0.25, -0.2) is 0 Å². The number of hydrogen-bond donors (Lipinski definition) is 1. The largest absolute Gasteiger partial charge is 0.484 e. The van der Waals surface area contributed by atoms with Crippen molar-refractivity contribution in [3.05, 3.63) is 53.5 Å². The quantitative estimate of drug-likeness (QED) is 0.846. The lowest BCUT2D eigenvalue weighted by Gasteiger charge is -2.14. The minimum absolute atomic E-state index is 0.0349. The number of amides is 1. The van der Waals surface area contributed by atoms with Crippen molar-refractivity contribution < 1.29 is 19.1 Å². The van der Waals surface area contributed by atoms with Gasteiger partial charge in [-0.15, -0.1) is 0 Å². The zero-order valence-electron chi connectivity index (χ0n) is 12.9. The Morgan fingerprint density at radius 1 is 1.35 bits per heavy atom. The molecular formula is C17H18N2O4. The van der Waals surface area contributed by atoms with Gasteiger partial charge < -0.3 is 19.2 Å². The summed E-state index contributed by atoms with van der Waals surface area (Å²) in [6, 6.07) is 12.2. The lowest BCUT2D eigenvalue weighted by Crippen LogP contribution is -2.27. The summed E-state index contributed by atoms with van der Waals surface area (Å²) in [7, 11) is 1.65. The SMILES string of the molecule is CN(CCCO)C(=O)c1ccc(COc2ccccc2C#N)o1. The van der Waals surface area contributed by atoms with Crippen LogP contribution in [0.25, 0.3) is 0 Å². The monoisotopic (exact) mass is 314 g/mol. The van der Waals surface area contributed by atoms with Gasteiger partial charge in [-0.05, 0) is 30.7 Å². The molecule has 0 bridgehead atoms. The van der Waals surface area contributed by atoms with E-state index in [2.05, 4.69) is 6.07 Å². The second kappa shape index (κ2) is 8.01. The van der Waals surface area contributed by atoms with Crippen LogP contribution < -0.4 is 4.74 Å². The van der Waals surface area contributed by atoms with E-state index in [1.165, 1.54) is 4.90 Å². The Hall–Kier alpha value is -2.78. The Kier molecular flexibility index (Phi) is 5.78. The number of aliphatic hydroxyl groups excluding tert-OH is 1. The Labute approximate surface area is 134 Å². The van der Waals surface area contributed by atoms with Crippen LogP contribution in [0.3, 0.4) is 0 Å². The summed E-state index contributed by atoms with van der Waals surface area (Å²) in [5.74, 6) is 0.940. The number of rotatable bonds is 7. The van der Waals surface area contributed by atoms with Gasteiger partial charge in [0.25, 0.3) is 5.91 Å². The van der Waals surface area contributed by atoms with Crippen molar-refractivity contribution in [1.82, 2.24) is 4.90 Å². The number of carbonyl (C=O) groups is 1. The van der Waals surface area contributed by atoms with E-state index in [4.69, 9.17) is 19.5 Å². The Morgan fingerprint density at radius 3 is 2.87 bits per heavy atom. The van der Waals surface area contributed by atoms with E-state index >= 15 is 0 Å². The highest BCUT2D eigenvalue weighted by Gasteiger charge is 2.16. The van der Waals surface area contributed by atoms with E-state index in [0.29, 0.717) is 30.0 Å². The third kappa shape index (κ3) is 4.34. The number of para-hydroxylation sites is 1. The summed E-state index contributed by atoms with van der Waals surface area (Å²) < 4.78 is 11.0. The number of aliphatic hydroxyl groups is 1. The highest BCUT2D eigenvalue weighted by atomic mass is 16.5. The van der Waals surface area contributed by atoms with Gasteiger partial charge in [0.05, 0.1) is 5.56 Å². The van der Waals surface area contributed by atoms with Gasteiger partial charge in [-0.1, -0.05) is 12.1 Å². The molecule has 23 heavy (non-hydrogen) atoms. The van der Waals surface area contributed by atoms with E-state index in [-0.39, 0.29) is 24.9 Å². The molecule has 1 aromatic carbocycles. The average Bonchev–Trinajstić information content (AvgIpc) is 3.06. The van der Waals surface area contributed by atoms with Crippen LogP contribution >= 0.6 is 0 Å². The van der Waals surface area contributed by atoms with E-state index in [0.717, 1.165) is 0 Å². The van der Waals surface area contributed by atoms with E-state index in [1.54, 1.807) is 43.4 Å². The molecule has 0 spiro atoms. The van der Waals surface area contributed by atoms with Gasteiger partial charge in [0, 0.05) is 20.2 Å². The first kappa shape index (κ1) is 16.6. The Bertz CT molecular complexity index is 703. The predicted octanol–water partition coefficient (Wildman–Crippen LogP) is 2.18. The standard InChI is InChI=1S/C17H18N2O4/c1-19(9-4-10-20)17(21)16-8-7-14(23-16)12-22-15-6-3-2-5-13(15)11-18/h2-3,5-8,20H,4,9-10,12H2,1H3. The fourth-order valence-electron chi connectivity index (χ4n) is 2.00. The van der Waals surface area contributed by atoms with Gasteiger partial charge in [-0.2, -0.15) is 5.26 Å². The van der Waals surface area contributed by atoms with Gasteiger partial charge in [0.15, 0.2) is 5.76 Å². The highest BCUT2D eigenvalue weighted by Crippen LogP contribution is 2.19. The summed E-state index contributed by atoms with van der Waals surface area (Å²) in [6.07, 6.45) is 0.518. The fraction of sp³-hybridized carbons (Fsp3) is 0.294.